The summed E-state index contributed by atoms with van der Waals surface area (Å²) in [4.78, 5) is 22.7. The van der Waals surface area contributed by atoms with Crippen LogP contribution in [0.3, 0.4) is 0 Å². The fraction of sp³-hybridized carbons (Fsp3) is 0.370. The van der Waals surface area contributed by atoms with Crippen molar-refractivity contribution >= 4 is 17.1 Å². The number of pyridine rings is 2. The molecule has 5 rings (SSSR count). The molecule has 1 fully saturated rings. The number of ether oxygens (including phenoxy) is 4. The Labute approximate surface area is 209 Å². The monoisotopic (exact) mass is 491 g/mol. The maximum atomic E-state index is 12.5. The third-order valence-electron chi connectivity index (χ3n) is 6.44. The lowest BCUT2D eigenvalue weighted by Gasteiger charge is -2.23. The number of aliphatic hydroxyl groups is 1. The molecule has 0 unspecified atom stereocenters. The molecular formula is C27H29N3O6. The van der Waals surface area contributed by atoms with Crippen molar-refractivity contribution in [3.05, 3.63) is 77.9 Å². The Balaban J connectivity index is 1.11. The highest BCUT2D eigenvalue weighted by Crippen LogP contribution is 2.31. The van der Waals surface area contributed by atoms with Gasteiger partial charge in [-0.2, -0.15) is 0 Å². The SMILES string of the molecule is COc1ccc2nccc([C@H](O)CCCC[C@H]3CN(C4=COC=C(C5=CC=CCC5)O4)C(=O)O3)c2n1. The zero-order valence-electron chi connectivity index (χ0n) is 20.1. The van der Waals surface area contributed by atoms with Crippen LogP contribution in [-0.4, -0.2) is 45.8 Å². The Hall–Kier alpha value is -3.85. The normalized spacial score (nSPS) is 20.2. The number of nitrogens with zero attached hydrogens (tertiary/aromatic N) is 3. The number of unbranched alkanes of at least 4 members (excludes halogenated alkanes) is 1. The molecule has 2 aromatic heterocycles. The molecule has 2 aliphatic heterocycles. The Bertz CT molecular complexity index is 1250. The third-order valence-corrected chi connectivity index (χ3v) is 6.44. The van der Waals surface area contributed by atoms with E-state index in [-0.39, 0.29) is 6.10 Å². The summed E-state index contributed by atoms with van der Waals surface area (Å²) in [6.07, 6.45) is 13.9. The maximum Gasteiger partial charge on any atom is 0.417 e. The van der Waals surface area contributed by atoms with Crippen molar-refractivity contribution in [2.24, 2.45) is 0 Å². The van der Waals surface area contributed by atoms with Gasteiger partial charge >= 0.3 is 6.09 Å². The predicted molar refractivity (Wildman–Crippen MR) is 131 cm³/mol. The topological polar surface area (TPSA) is 103 Å². The minimum Gasteiger partial charge on any atom is -0.481 e. The molecule has 9 heteroatoms. The number of hydrogen-bond donors (Lipinski definition) is 1. The highest BCUT2D eigenvalue weighted by molar-refractivity contribution is 5.78. The van der Waals surface area contributed by atoms with Crippen LogP contribution < -0.4 is 4.74 Å². The predicted octanol–water partition coefficient (Wildman–Crippen LogP) is 5.02. The maximum absolute atomic E-state index is 12.5. The van der Waals surface area contributed by atoms with E-state index in [4.69, 9.17) is 18.9 Å². The van der Waals surface area contributed by atoms with Crippen LogP contribution in [0.1, 0.15) is 50.2 Å². The van der Waals surface area contributed by atoms with E-state index in [1.54, 1.807) is 31.7 Å². The molecule has 2 atom stereocenters. The molecule has 2 aromatic rings. The number of allylic oxidation sites excluding steroid dienone is 4. The van der Waals surface area contributed by atoms with Crippen LogP contribution in [0.4, 0.5) is 4.79 Å². The summed E-state index contributed by atoms with van der Waals surface area (Å²) in [5.74, 6) is 1.42. The molecule has 0 spiro atoms. The minimum absolute atomic E-state index is 0.252. The first kappa shape index (κ1) is 23.9. The van der Waals surface area contributed by atoms with E-state index in [2.05, 4.69) is 16.0 Å². The van der Waals surface area contributed by atoms with Gasteiger partial charge in [0.25, 0.3) is 0 Å². The first-order valence-corrected chi connectivity index (χ1v) is 12.2. The molecular weight excluding hydrogens is 462 g/mol. The number of aliphatic hydroxyl groups excluding tert-OH is 1. The van der Waals surface area contributed by atoms with Gasteiger partial charge in [-0.25, -0.2) is 14.7 Å². The molecule has 0 bridgehead atoms. The summed E-state index contributed by atoms with van der Waals surface area (Å²) in [5, 5.41) is 10.8. The summed E-state index contributed by atoms with van der Waals surface area (Å²) in [7, 11) is 1.56. The minimum atomic E-state index is -0.676. The van der Waals surface area contributed by atoms with E-state index in [1.165, 1.54) is 11.2 Å². The first-order chi connectivity index (χ1) is 17.6. The molecule has 36 heavy (non-hydrogen) atoms. The number of cyclic esters (lactones) is 1. The molecule has 1 N–H and O–H groups in total. The lowest BCUT2D eigenvalue weighted by Crippen LogP contribution is -2.27. The van der Waals surface area contributed by atoms with Crippen LogP contribution in [0.2, 0.25) is 0 Å². The van der Waals surface area contributed by atoms with E-state index in [0.717, 1.165) is 36.8 Å². The van der Waals surface area contributed by atoms with Gasteiger partial charge in [-0.1, -0.05) is 24.6 Å². The van der Waals surface area contributed by atoms with Gasteiger partial charge in [-0.05, 0) is 49.8 Å². The third kappa shape index (κ3) is 5.21. The summed E-state index contributed by atoms with van der Waals surface area (Å²) < 4.78 is 22.2. The summed E-state index contributed by atoms with van der Waals surface area (Å²) in [6.45, 7) is 0.390. The van der Waals surface area contributed by atoms with Crippen molar-refractivity contribution in [2.45, 2.75) is 50.7 Å². The number of hydrogen-bond acceptors (Lipinski definition) is 8. The van der Waals surface area contributed by atoms with E-state index >= 15 is 0 Å². The first-order valence-electron chi connectivity index (χ1n) is 12.2. The Kier molecular flexibility index (Phi) is 7.18. The second kappa shape index (κ2) is 10.8. The molecule has 0 saturated carbocycles. The Morgan fingerprint density at radius 2 is 2.17 bits per heavy atom. The van der Waals surface area contributed by atoms with Gasteiger partial charge in [0.15, 0.2) is 12.0 Å². The standard InChI is InChI=1S/C27H29N3O6/c1-33-24-12-11-21-26(29-24)20(13-14-28-21)22(31)10-6-5-9-19-15-30(27(32)35-19)25-17-34-16-23(36-25)18-7-3-2-4-8-18/h2-3,7,11-14,16-17,19,22,31H,4-6,8-10,15H2,1H3/t19-,22+/m0/s1. The summed E-state index contributed by atoms with van der Waals surface area (Å²) in [5.41, 5.74) is 3.11. The number of carbonyl (C=O) groups is 1. The van der Waals surface area contributed by atoms with Crippen molar-refractivity contribution < 1.29 is 28.8 Å². The van der Waals surface area contributed by atoms with Crippen LogP contribution in [0, 0.1) is 0 Å². The number of aromatic nitrogens is 2. The summed E-state index contributed by atoms with van der Waals surface area (Å²) in [6, 6.07) is 5.37. The molecule has 0 radical (unpaired) electrons. The molecule has 0 aromatic carbocycles. The van der Waals surface area contributed by atoms with Gasteiger partial charge in [0.1, 0.15) is 12.4 Å². The zero-order valence-corrected chi connectivity index (χ0v) is 20.1. The number of carbonyl (C=O) groups excluding carboxylic acids is 1. The van der Waals surface area contributed by atoms with Crippen molar-refractivity contribution in [1.82, 2.24) is 14.9 Å². The van der Waals surface area contributed by atoms with Gasteiger partial charge in [-0.3, -0.25) is 4.98 Å². The fourth-order valence-electron chi connectivity index (χ4n) is 4.51. The zero-order chi connectivity index (χ0) is 24.9. The second-order valence-electron chi connectivity index (χ2n) is 8.87. The largest absolute Gasteiger partial charge is 0.481 e. The smallest absolute Gasteiger partial charge is 0.417 e. The molecule has 3 aliphatic rings. The van der Waals surface area contributed by atoms with Crippen LogP contribution in [0.25, 0.3) is 11.0 Å². The number of methoxy groups -OCH3 is 1. The molecule has 9 nitrogen and oxygen atoms in total. The van der Waals surface area contributed by atoms with Gasteiger partial charge in [-0.15, -0.1) is 0 Å². The average Bonchev–Trinajstić information content (AvgIpc) is 3.31. The van der Waals surface area contributed by atoms with Gasteiger partial charge in [0, 0.05) is 17.8 Å². The van der Waals surface area contributed by atoms with Crippen LogP contribution in [0.15, 0.2) is 72.4 Å². The highest BCUT2D eigenvalue weighted by atomic mass is 16.6. The molecule has 188 valence electrons. The quantitative estimate of drug-likeness (QED) is 0.488. The van der Waals surface area contributed by atoms with Gasteiger partial charge in [0.05, 0.1) is 30.8 Å². The van der Waals surface area contributed by atoms with Gasteiger partial charge < -0.3 is 24.1 Å². The molecule has 4 heterocycles. The highest BCUT2D eigenvalue weighted by Gasteiger charge is 2.36. The van der Waals surface area contributed by atoms with Crippen molar-refractivity contribution in [3.8, 4) is 5.88 Å². The molecule has 1 saturated heterocycles. The van der Waals surface area contributed by atoms with E-state index in [9.17, 15) is 9.90 Å². The van der Waals surface area contributed by atoms with Gasteiger partial charge in [0.2, 0.25) is 11.8 Å². The lowest BCUT2D eigenvalue weighted by atomic mass is 10.0. The average molecular weight is 492 g/mol. The summed E-state index contributed by atoms with van der Waals surface area (Å²) >= 11 is 0. The van der Waals surface area contributed by atoms with Crippen LogP contribution in [-0.2, 0) is 14.2 Å². The Morgan fingerprint density at radius 1 is 1.25 bits per heavy atom. The second-order valence-corrected chi connectivity index (χ2v) is 8.87. The van der Waals surface area contributed by atoms with E-state index in [1.807, 2.05) is 18.2 Å². The lowest BCUT2D eigenvalue weighted by molar-refractivity contribution is 0.115. The van der Waals surface area contributed by atoms with Crippen LogP contribution in [0.5, 0.6) is 5.88 Å². The number of amides is 1. The van der Waals surface area contributed by atoms with E-state index < -0.39 is 12.2 Å². The van der Waals surface area contributed by atoms with Crippen LogP contribution >= 0.6 is 0 Å². The number of fused-ring (bicyclic) bond motifs is 1. The van der Waals surface area contributed by atoms with Crippen molar-refractivity contribution in [1.29, 1.82) is 0 Å². The van der Waals surface area contributed by atoms with Crippen molar-refractivity contribution in [2.75, 3.05) is 13.7 Å². The molecule has 1 aliphatic carbocycles. The number of rotatable bonds is 9. The molecule has 1 amide bonds. The fourth-order valence-corrected chi connectivity index (χ4v) is 4.51. The van der Waals surface area contributed by atoms with E-state index in [0.29, 0.717) is 47.9 Å². The Morgan fingerprint density at radius 3 is 3.00 bits per heavy atom. The van der Waals surface area contributed by atoms with Crippen molar-refractivity contribution in [3.63, 3.8) is 0 Å².